The first kappa shape index (κ1) is 40.5. The minimum atomic E-state index is -1.68. The van der Waals surface area contributed by atoms with Crippen LogP contribution in [-0.4, -0.2) is 128 Å². The lowest BCUT2D eigenvalue weighted by molar-refractivity contribution is -0.296. The lowest BCUT2D eigenvalue weighted by Crippen LogP contribution is -2.60. The van der Waals surface area contributed by atoms with Gasteiger partial charge in [-0.05, 0) is 61.1 Å². The molecule has 3 rings (SSSR count). The zero-order chi connectivity index (χ0) is 36.0. The summed E-state index contributed by atoms with van der Waals surface area (Å²) in [6.45, 7) is 14.4. The zero-order valence-corrected chi connectivity index (χ0v) is 30.7. The van der Waals surface area contributed by atoms with Gasteiger partial charge in [0.2, 0.25) is 6.79 Å². The zero-order valence-electron chi connectivity index (χ0n) is 30.7. The maximum absolute atomic E-state index is 14.2. The molecule has 3 aliphatic heterocycles. The molecule has 0 aromatic heterocycles. The van der Waals surface area contributed by atoms with E-state index >= 15 is 0 Å². The summed E-state index contributed by atoms with van der Waals surface area (Å²) in [5.74, 6) is -4.20. The molecule has 0 aromatic carbocycles. The Morgan fingerprint density at radius 2 is 1.73 bits per heavy atom. The number of aliphatic hydroxyl groups excluding tert-OH is 1. The van der Waals surface area contributed by atoms with E-state index in [-0.39, 0.29) is 50.9 Å². The number of rotatable bonds is 7. The summed E-state index contributed by atoms with van der Waals surface area (Å²) in [6, 6.07) is -0.253. The number of ether oxygens (including phenoxy) is 6. The van der Waals surface area contributed by atoms with Crippen molar-refractivity contribution >= 4 is 17.5 Å². The number of carbonyl (C=O) groups excluding carboxylic acids is 2. The maximum Gasteiger partial charge on any atom is 0.316 e. The average molecular weight is 685 g/mol. The second-order valence-electron chi connectivity index (χ2n) is 14.4. The first-order valence-electron chi connectivity index (χ1n) is 17.2. The third kappa shape index (κ3) is 9.22. The number of ketones is 1. The molecule has 2 N–H and O–H groups in total. The number of carbonyl (C=O) groups is 2. The Morgan fingerprint density at radius 1 is 1.06 bits per heavy atom. The second kappa shape index (κ2) is 17.3. The standard InChI is InChI=1S/C35H60N2O11/c1-12-26-35(8,41)31-22(4)27(36-45-19-42-11)20(2)18-34(7,44-16-14-13-15-43-31)30(23(5)28(38)24(6)32(40)47-26)48-33-29(39)25(37(9)10)17-21(3)46-33/h13-14,20-26,29-31,33,39,41H,12,15-19H2,1-11H3/b14-13+,36-27+/t20-,21-,22+,23+,24?,25+,26-,29-,30-,31-,33+,34+,35-/m1/s1. The summed E-state index contributed by atoms with van der Waals surface area (Å²) in [5, 5.41) is 28.1. The molecule has 0 amide bonds. The normalized spacial score (nSPS) is 43.9. The predicted molar refractivity (Wildman–Crippen MR) is 178 cm³/mol. The van der Waals surface area contributed by atoms with Crippen LogP contribution < -0.4 is 0 Å². The SMILES string of the molecule is CC[C@H]1OC(=O)C(C)C(=O)[C@H](C)[C@@H](O[C@@H]2O[C@H](C)C[C@H](N(C)C)[C@H]2O)[C@]2(C)C[C@@H](C)/C(=N\OCOC)[C@H](C)[C@@H](OC/C=C/CO2)[C@]1(C)O. The monoisotopic (exact) mass is 684 g/mol. The average Bonchev–Trinajstić information content (AvgIpc) is 3.02. The van der Waals surface area contributed by atoms with Crippen LogP contribution in [0, 0.1) is 23.7 Å². The lowest BCUT2D eigenvalue weighted by atomic mass is 9.73. The van der Waals surface area contributed by atoms with E-state index in [1.54, 1.807) is 26.8 Å². The fourth-order valence-corrected chi connectivity index (χ4v) is 7.54. The van der Waals surface area contributed by atoms with Crippen LogP contribution in [0.2, 0.25) is 0 Å². The second-order valence-corrected chi connectivity index (χ2v) is 14.4. The van der Waals surface area contributed by atoms with Crippen LogP contribution in [0.25, 0.3) is 0 Å². The van der Waals surface area contributed by atoms with Crippen LogP contribution in [0.3, 0.4) is 0 Å². The smallest absolute Gasteiger partial charge is 0.316 e. The minimum Gasteiger partial charge on any atom is -0.459 e. The van der Waals surface area contributed by atoms with E-state index in [0.717, 1.165) is 0 Å². The van der Waals surface area contributed by atoms with Crippen molar-refractivity contribution in [2.45, 2.75) is 129 Å². The summed E-state index contributed by atoms with van der Waals surface area (Å²) < 4.78 is 36.8. The third-order valence-electron chi connectivity index (χ3n) is 10.2. The highest BCUT2D eigenvalue weighted by Crippen LogP contribution is 2.39. The molecule has 2 saturated heterocycles. The van der Waals surface area contributed by atoms with E-state index in [1.165, 1.54) is 14.0 Å². The van der Waals surface area contributed by atoms with Crippen molar-refractivity contribution in [1.29, 1.82) is 0 Å². The first-order chi connectivity index (χ1) is 22.5. The number of Topliss-reactive ketones (excluding diaryl/α,β-unsaturated/α-hetero) is 1. The number of methoxy groups -OCH3 is 1. The fraction of sp³-hybridized carbons (Fsp3) is 0.857. The van der Waals surface area contributed by atoms with E-state index in [2.05, 4.69) is 5.16 Å². The number of hydrogen-bond acceptors (Lipinski definition) is 13. The molecule has 0 spiro atoms. The van der Waals surface area contributed by atoms with E-state index in [9.17, 15) is 19.8 Å². The van der Waals surface area contributed by atoms with Crippen LogP contribution in [0.5, 0.6) is 0 Å². The van der Waals surface area contributed by atoms with Gasteiger partial charge in [0, 0.05) is 30.9 Å². The summed E-state index contributed by atoms with van der Waals surface area (Å²) in [7, 11) is 5.27. The molecule has 2 bridgehead atoms. The molecule has 48 heavy (non-hydrogen) atoms. The third-order valence-corrected chi connectivity index (χ3v) is 10.2. The van der Waals surface area contributed by atoms with Gasteiger partial charge in [0.1, 0.15) is 23.7 Å². The Bertz CT molecular complexity index is 1130. The van der Waals surface area contributed by atoms with Gasteiger partial charge in [0.25, 0.3) is 0 Å². The van der Waals surface area contributed by atoms with E-state index in [1.807, 2.05) is 52.8 Å². The van der Waals surface area contributed by atoms with Crippen molar-refractivity contribution in [2.75, 3.05) is 41.2 Å². The number of nitrogens with zero attached hydrogens (tertiary/aromatic N) is 2. The largest absolute Gasteiger partial charge is 0.459 e. The van der Waals surface area contributed by atoms with Gasteiger partial charge in [0.15, 0.2) is 12.1 Å². The number of esters is 1. The van der Waals surface area contributed by atoms with Crippen molar-refractivity contribution in [3.8, 4) is 0 Å². The molecule has 0 radical (unpaired) electrons. The van der Waals surface area contributed by atoms with Gasteiger partial charge >= 0.3 is 5.97 Å². The topological polar surface area (TPSA) is 155 Å². The molecule has 3 aliphatic rings. The number of cyclic esters (lactones) is 1. The quantitative estimate of drug-likeness (QED) is 0.101. The number of likely N-dealkylation sites (N-methyl/N-ethyl adjacent to an activating group) is 1. The highest BCUT2D eigenvalue weighted by Gasteiger charge is 2.52. The Kier molecular flexibility index (Phi) is 14.6. The van der Waals surface area contributed by atoms with Gasteiger partial charge < -0.3 is 48.4 Å². The molecule has 2 fully saturated rings. The first-order valence-corrected chi connectivity index (χ1v) is 17.2. The van der Waals surface area contributed by atoms with E-state index in [0.29, 0.717) is 12.1 Å². The molecule has 3 heterocycles. The number of fused-ring (bicyclic) bond motifs is 5. The van der Waals surface area contributed by atoms with Crippen molar-refractivity contribution in [3.05, 3.63) is 12.2 Å². The Morgan fingerprint density at radius 3 is 2.35 bits per heavy atom. The molecule has 13 heteroatoms. The Labute approximate surface area is 286 Å². The molecule has 276 valence electrons. The number of hydrogen-bond donors (Lipinski definition) is 2. The lowest BCUT2D eigenvalue weighted by Gasteiger charge is -2.48. The molecule has 13 atom stereocenters. The van der Waals surface area contributed by atoms with Gasteiger partial charge in [-0.1, -0.05) is 45.0 Å². The Balaban J connectivity index is 2.26. The summed E-state index contributed by atoms with van der Waals surface area (Å²) in [4.78, 5) is 35.3. The van der Waals surface area contributed by atoms with Crippen LogP contribution in [0.1, 0.15) is 74.7 Å². The van der Waals surface area contributed by atoms with Gasteiger partial charge in [-0.3, -0.25) is 9.59 Å². The van der Waals surface area contributed by atoms with Gasteiger partial charge in [-0.15, -0.1) is 0 Å². The molecule has 13 nitrogen and oxygen atoms in total. The molecule has 0 aliphatic carbocycles. The van der Waals surface area contributed by atoms with Gasteiger partial charge in [0.05, 0.1) is 42.8 Å². The summed E-state index contributed by atoms with van der Waals surface area (Å²) >= 11 is 0. The molecule has 0 saturated carbocycles. The van der Waals surface area contributed by atoms with Crippen LogP contribution in [0.15, 0.2) is 17.3 Å². The molecule has 0 aromatic rings. The number of aliphatic hydroxyl groups is 2. The molecular weight excluding hydrogens is 624 g/mol. The van der Waals surface area contributed by atoms with Crippen molar-refractivity contribution < 1.29 is 53.1 Å². The number of oxime groups is 1. The summed E-state index contributed by atoms with van der Waals surface area (Å²) in [6.07, 6.45) is -0.461. The molecule has 1 unspecified atom stereocenters. The van der Waals surface area contributed by atoms with Crippen LogP contribution >= 0.6 is 0 Å². The summed E-state index contributed by atoms with van der Waals surface area (Å²) in [5.41, 5.74) is -2.31. The fourth-order valence-electron chi connectivity index (χ4n) is 7.54. The predicted octanol–water partition coefficient (Wildman–Crippen LogP) is 3.09. The molecular formula is C35H60N2O11. The van der Waals surface area contributed by atoms with E-state index in [4.69, 9.17) is 33.3 Å². The van der Waals surface area contributed by atoms with E-state index < -0.39 is 71.4 Å². The van der Waals surface area contributed by atoms with Crippen molar-refractivity contribution in [3.63, 3.8) is 0 Å². The van der Waals surface area contributed by atoms with Crippen LogP contribution in [0.4, 0.5) is 0 Å². The maximum atomic E-state index is 14.2. The van der Waals surface area contributed by atoms with Crippen molar-refractivity contribution in [1.82, 2.24) is 4.90 Å². The van der Waals surface area contributed by atoms with Gasteiger partial charge in [-0.2, -0.15) is 0 Å². The highest BCUT2D eigenvalue weighted by molar-refractivity contribution is 6.00. The van der Waals surface area contributed by atoms with Gasteiger partial charge in [-0.25, -0.2) is 0 Å². The highest BCUT2D eigenvalue weighted by atomic mass is 16.7. The van der Waals surface area contributed by atoms with Crippen LogP contribution in [-0.2, 0) is 42.8 Å². The minimum absolute atomic E-state index is 0.103. The Hall–Kier alpha value is -1.97. The van der Waals surface area contributed by atoms with Crippen molar-refractivity contribution in [2.24, 2.45) is 28.8 Å².